The van der Waals surface area contributed by atoms with Gasteiger partial charge in [-0.25, -0.2) is 0 Å². The third-order valence-electron chi connectivity index (χ3n) is 4.70. The predicted octanol–water partition coefficient (Wildman–Crippen LogP) is 3.66. The number of hydrogen-bond donors (Lipinski definition) is 3. The molecule has 0 saturated carbocycles. The Balaban J connectivity index is 1.39. The van der Waals surface area contributed by atoms with Crippen LogP contribution in [0.3, 0.4) is 0 Å². The van der Waals surface area contributed by atoms with Crippen LogP contribution in [0, 0.1) is 0 Å². The number of benzene rings is 2. The van der Waals surface area contributed by atoms with Gasteiger partial charge in [0.15, 0.2) is 6.10 Å². The molecule has 3 N–H and O–H groups in total. The molecule has 3 amide bonds. The summed E-state index contributed by atoms with van der Waals surface area (Å²) in [5, 5.41) is 8.37. The first-order chi connectivity index (χ1) is 15.5. The van der Waals surface area contributed by atoms with E-state index in [0.29, 0.717) is 39.9 Å². The summed E-state index contributed by atoms with van der Waals surface area (Å²) in [6.07, 6.45) is 0.984. The van der Waals surface area contributed by atoms with Gasteiger partial charge < -0.3 is 25.1 Å². The van der Waals surface area contributed by atoms with Crippen LogP contribution in [0.5, 0.6) is 5.75 Å². The van der Waals surface area contributed by atoms with E-state index in [-0.39, 0.29) is 23.5 Å². The van der Waals surface area contributed by atoms with Gasteiger partial charge >= 0.3 is 0 Å². The molecular weight excluding hydrogens is 430 g/mol. The number of thioether (sulfide) groups is 1. The molecule has 0 radical (unpaired) electrons. The lowest BCUT2D eigenvalue weighted by atomic mass is 10.2. The first-order valence-electron chi connectivity index (χ1n) is 9.93. The van der Waals surface area contributed by atoms with Crippen molar-refractivity contribution in [1.29, 1.82) is 0 Å². The second-order valence-corrected chi connectivity index (χ2v) is 8.07. The molecule has 0 bridgehead atoms. The molecule has 0 saturated heterocycles. The molecule has 2 aromatic carbocycles. The fourth-order valence-electron chi connectivity index (χ4n) is 3.06. The predicted molar refractivity (Wildman–Crippen MR) is 121 cm³/mol. The highest BCUT2D eigenvalue weighted by atomic mass is 32.2. The first-order valence-corrected chi connectivity index (χ1v) is 10.9. The van der Waals surface area contributed by atoms with Crippen LogP contribution in [0.15, 0.2) is 70.2 Å². The molecule has 1 aliphatic rings. The fraction of sp³-hybridized carbons (Fsp3) is 0.174. The minimum absolute atomic E-state index is 0.158. The third-order valence-corrected chi connectivity index (χ3v) is 5.77. The fourth-order valence-corrected chi connectivity index (χ4v) is 3.94. The Morgan fingerprint density at radius 2 is 1.97 bits per heavy atom. The lowest BCUT2D eigenvalue weighted by Gasteiger charge is -2.23. The maximum absolute atomic E-state index is 12.9. The summed E-state index contributed by atoms with van der Waals surface area (Å²) in [5.41, 5.74) is 1.47. The molecule has 1 atom stereocenters. The van der Waals surface area contributed by atoms with Crippen molar-refractivity contribution in [2.24, 2.45) is 0 Å². The molecule has 4 rings (SSSR count). The van der Waals surface area contributed by atoms with Crippen molar-refractivity contribution in [3.8, 4) is 5.75 Å². The summed E-state index contributed by atoms with van der Waals surface area (Å²) < 4.78 is 10.7. The Kier molecular flexibility index (Phi) is 6.46. The van der Waals surface area contributed by atoms with Gasteiger partial charge in [0.05, 0.1) is 29.8 Å². The highest BCUT2D eigenvalue weighted by molar-refractivity contribution is 8.00. The maximum atomic E-state index is 12.9. The van der Waals surface area contributed by atoms with Gasteiger partial charge in [-0.15, -0.1) is 11.8 Å². The maximum Gasteiger partial charge on any atom is 0.265 e. The standard InChI is InChI=1S/C23H21N3O5S/c1-14-22(28)26-18-11-15(8-9-19(18)31-14)25-23(29)17-6-2-3-7-20(17)32-13-21(27)24-12-16-5-4-10-30-16/h2-11,14H,12-13H2,1H3,(H,24,27)(H,25,29)(H,26,28)/t14-/m0/s1. The highest BCUT2D eigenvalue weighted by Gasteiger charge is 2.24. The van der Waals surface area contributed by atoms with Gasteiger partial charge in [0.2, 0.25) is 5.91 Å². The van der Waals surface area contributed by atoms with Crippen molar-refractivity contribution in [3.05, 3.63) is 72.2 Å². The quantitative estimate of drug-likeness (QED) is 0.473. The van der Waals surface area contributed by atoms with Crippen molar-refractivity contribution in [1.82, 2.24) is 5.32 Å². The van der Waals surface area contributed by atoms with Gasteiger partial charge in [-0.2, -0.15) is 0 Å². The number of carbonyl (C=O) groups excluding carboxylic acids is 3. The Labute approximate surface area is 188 Å². The van der Waals surface area contributed by atoms with E-state index >= 15 is 0 Å². The van der Waals surface area contributed by atoms with Gasteiger partial charge in [0.1, 0.15) is 11.5 Å². The molecule has 8 nitrogen and oxygen atoms in total. The molecule has 0 aliphatic carbocycles. The van der Waals surface area contributed by atoms with Gasteiger partial charge in [0.25, 0.3) is 11.8 Å². The van der Waals surface area contributed by atoms with Crippen molar-refractivity contribution >= 4 is 40.9 Å². The van der Waals surface area contributed by atoms with Gasteiger partial charge in [-0.3, -0.25) is 14.4 Å². The van der Waals surface area contributed by atoms with Crippen LogP contribution in [0.4, 0.5) is 11.4 Å². The van der Waals surface area contributed by atoms with Gasteiger partial charge in [-0.1, -0.05) is 12.1 Å². The molecule has 164 valence electrons. The van der Waals surface area contributed by atoms with E-state index in [1.807, 2.05) is 6.07 Å². The average Bonchev–Trinajstić information content (AvgIpc) is 3.31. The summed E-state index contributed by atoms with van der Waals surface area (Å²) in [5.74, 6) is 0.649. The Morgan fingerprint density at radius 3 is 2.78 bits per heavy atom. The summed E-state index contributed by atoms with van der Waals surface area (Å²) in [7, 11) is 0. The summed E-state index contributed by atoms with van der Waals surface area (Å²) in [4.78, 5) is 37.6. The van der Waals surface area contributed by atoms with Crippen LogP contribution < -0.4 is 20.7 Å². The molecule has 0 fully saturated rings. The smallest absolute Gasteiger partial charge is 0.265 e. The molecule has 0 spiro atoms. The number of hydrogen-bond acceptors (Lipinski definition) is 6. The normalized spacial score (nSPS) is 14.7. The summed E-state index contributed by atoms with van der Waals surface area (Å²) in [6, 6.07) is 15.7. The number of amides is 3. The second-order valence-electron chi connectivity index (χ2n) is 7.06. The van der Waals surface area contributed by atoms with Crippen LogP contribution in [-0.4, -0.2) is 29.6 Å². The van der Waals surface area contributed by atoms with Crippen LogP contribution in [0.2, 0.25) is 0 Å². The van der Waals surface area contributed by atoms with E-state index in [4.69, 9.17) is 9.15 Å². The number of ether oxygens (including phenoxy) is 1. The van der Waals surface area contributed by atoms with E-state index in [2.05, 4.69) is 16.0 Å². The van der Waals surface area contributed by atoms with Crippen LogP contribution in [0.25, 0.3) is 0 Å². The molecule has 3 aromatic rings. The lowest BCUT2D eigenvalue weighted by Crippen LogP contribution is -2.34. The largest absolute Gasteiger partial charge is 0.479 e. The average molecular weight is 452 g/mol. The number of anilines is 2. The highest BCUT2D eigenvalue weighted by Crippen LogP contribution is 2.32. The molecule has 1 aliphatic heterocycles. The minimum Gasteiger partial charge on any atom is -0.479 e. The number of rotatable bonds is 7. The van der Waals surface area contributed by atoms with Crippen LogP contribution in [-0.2, 0) is 16.1 Å². The van der Waals surface area contributed by atoms with Crippen molar-refractivity contribution in [3.63, 3.8) is 0 Å². The molecule has 9 heteroatoms. The third kappa shape index (κ3) is 5.12. The van der Waals surface area contributed by atoms with Crippen molar-refractivity contribution in [2.75, 3.05) is 16.4 Å². The number of furan rings is 1. The summed E-state index contributed by atoms with van der Waals surface area (Å²) in [6.45, 7) is 1.98. The molecule has 1 aromatic heterocycles. The van der Waals surface area contributed by atoms with Crippen molar-refractivity contribution < 1.29 is 23.5 Å². The number of fused-ring (bicyclic) bond motifs is 1. The summed E-state index contributed by atoms with van der Waals surface area (Å²) >= 11 is 1.27. The Hall–Kier alpha value is -3.72. The zero-order valence-corrected chi connectivity index (χ0v) is 18.0. The second kappa shape index (κ2) is 9.61. The molecule has 2 heterocycles. The van der Waals surface area contributed by atoms with E-state index < -0.39 is 6.10 Å². The first kappa shape index (κ1) is 21.5. The zero-order chi connectivity index (χ0) is 22.5. The van der Waals surface area contributed by atoms with Gasteiger partial charge in [-0.05, 0) is 49.4 Å². The Morgan fingerprint density at radius 1 is 1.12 bits per heavy atom. The molecule has 0 unspecified atom stereocenters. The number of carbonyl (C=O) groups is 3. The molecular formula is C23H21N3O5S. The van der Waals surface area contributed by atoms with E-state index in [1.165, 1.54) is 11.8 Å². The van der Waals surface area contributed by atoms with Crippen LogP contribution in [0.1, 0.15) is 23.0 Å². The minimum atomic E-state index is -0.567. The molecule has 32 heavy (non-hydrogen) atoms. The van der Waals surface area contributed by atoms with E-state index in [9.17, 15) is 14.4 Å². The Bertz CT molecular complexity index is 1150. The number of nitrogens with one attached hydrogen (secondary N) is 3. The zero-order valence-electron chi connectivity index (χ0n) is 17.2. The monoisotopic (exact) mass is 451 g/mol. The van der Waals surface area contributed by atoms with Crippen LogP contribution >= 0.6 is 11.8 Å². The van der Waals surface area contributed by atoms with Gasteiger partial charge in [0, 0.05) is 10.6 Å². The van der Waals surface area contributed by atoms with E-state index in [0.717, 1.165) is 0 Å². The van der Waals surface area contributed by atoms with E-state index in [1.54, 1.807) is 61.7 Å². The lowest BCUT2D eigenvalue weighted by molar-refractivity contribution is -0.122. The van der Waals surface area contributed by atoms with Crippen molar-refractivity contribution in [2.45, 2.75) is 24.5 Å². The SMILES string of the molecule is C[C@@H]1Oc2ccc(NC(=O)c3ccccc3SCC(=O)NCc3ccco3)cc2NC1=O. The topological polar surface area (TPSA) is 110 Å².